The van der Waals surface area contributed by atoms with Crippen LogP contribution in [0.25, 0.3) is 0 Å². The first kappa shape index (κ1) is 13.6. The van der Waals surface area contributed by atoms with Gasteiger partial charge in [-0.1, -0.05) is 18.2 Å². The molecular formula is C17H20ClN2+. The molecule has 0 aromatic heterocycles. The summed E-state index contributed by atoms with van der Waals surface area (Å²) >= 11 is 6.05. The third kappa shape index (κ3) is 2.13. The maximum Gasteiger partial charge on any atom is 0.232 e. The first-order chi connectivity index (χ1) is 9.77. The molecule has 1 saturated carbocycles. The van der Waals surface area contributed by atoms with E-state index in [0.717, 1.165) is 21.9 Å². The second-order valence-electron chi connectivity index (χ2n) is 5.54. The van der Waals surface area contributed by atoms with Crippen molar-refractivity contribution in [2.75, 3.05) is 6.54 Å². The summed E-state index contributed by atoms with van der Waals surface area (Å²) in [5.74, 6) is 1.06. The van der Waals surface area contributed by atoms with Gasteiger partial charge in [-0.2, -0.15) is 0 Å². The summed E-state index contributed by atoms with van der Waals surface area (Å²) < 4.78 is 0.803. The Hall–Kier alpha value is -1.38. The van der Waals surface area contributed by atoms with Crippen molar-refractivity contribution in [3.05, 3.63) is 54.2 Å². The van der Waals surface area contributed by atoms with Gasteiger partial charge in [-0.25, -0.2) is 9.48 Å². The Kier molecular flexibility index (Phi) is 3.77. The van der Waals surface area contributed by atoms with E-state index in [0.29, 0.717) is 6.04 Å². The quantitative estimate of drug-likeness (QED) is 0.715. The van der Waals surface area contributed by atoms with Crippen LogP contribution in [0.3, 0.4) is 0 Å². The van der Waals surface area contributed by atoms with E-state index in [1.807, 2.05) is 24.4 Å². The number of quaternary nitrogens is 1. The lowest BCUT2D eigenvalue weighted by atomic mass is 10.1. The predicted molar refractivity (Wildman–Crippen MR) is 87.1 cm³/mol. The minimum absolute atomic E-state index is 0.595. The molecule has 1 aliphatic heterocycles. The van der Waals surface area contributed by atoms with E-state index in [1.165, 1.54) is 31.4 Å². The zero-order valence-corrected chi connectivity index (χ0v) is 12.4. The van der Waals surface area contributed by atoms with Crippen LogP contribution in [-0.2, 0) is 0 Å². The Morgan fingerprint density at radius 2 is 1.90 bits per heavy atom. The van der Waals surface area contributed by atoms with Gasteiger partial charge in [-0.05, 0) is 31.1 Å². The van der Waals surface area contributed by atoms with E-state index in [9.17, 15) is 0 Å². The summed E-state index contributed by atoms with van der Waals surface area (Å²) in [6, 6.07) is 8.82. The van der Waals surface area contributed by atoms with Crippen molar-refractivity contribution in [2.24, 2.45) is 4.99 Å². The molecule has 1 aromatic rings. The molecule has 1 atom stereocenters. The number of nitrogens with zero attached hydrogens (tertiary/aromatic N) is 2. The largest absolute Gasteiger partial charge is 0.237 e. The van der Waals surface area contributed by atoms with Crippen LogP contribution in [0.2, 0.25) is 5.02 Å². The molecule has 0 N–H and O–H groups in total. The number of halogens is 1. The van der Waals surface area contributed by atoms with Gasteiger partial charge < -0.3 is 0 Å². The van der Waals surface area contributed by atoms with Gasteiger partial charge in [0.25, 0.3) is 0 Å². The Bertz CT molecular complexity index is 553. The van der Waals surface area contributed by atoms with Crippen LogP contribution in [0, 0.1) is 0 Å². The average molecular weight is 288 g/mol. The minimum Gasteiger partial charge on any atom is -0.237 e. The Balaban J connectivity index is 2.12. The molecule has 3 heteroatoms. The SMILES string of the molecule is C=CC1=NC=CC[N+]1(c1ccc(Cl)cc1)C1CCCC1. The molecule has 20 heavy (non-hydrogen) atoms. The van der Waals surface area contributed by atoms with Crippen molar-refractivity contribution in [2.45, 2.75) is 31.7 Å². The first-order valence-corrected chi connectivity index (χ1v) is 7.65. The van der Waals surface area contributed by atoms with Crippen LogP contribution in [-0.4, -0.2) is 18.4 Å². The molecule has 0 spiro atoms. The Morgan fingerprint density at radius 1 is 1.20 bits per heavy atom. The monoisotopic (exact) mass is 287 g/mol. The summed E-state index contributed by atoms with van der Waals surface area (Å²) in [4.78, 5) is 4.60. The molecule has 1 aliphatic carbocycles. The second kappa shape index (κ2) is 5.55. The highest BCUT2D eigenvalue weighted by Crippen LogP contribution is 2.38. The molecule has 2 nitrogen and oxygen atoms in total. The van der Waals surface area contributed by atoms with Gasteiger partial charge >= 0.3 is 0 Å². The topological polar surface area (TPSA) is 12.4 Å². The van der Waals surface area contributed by atoms with E-state index in [1.54, 1.807) is 0 Å². The summed E-state index contributed by atoms with van der Waals surface area (Å²) in [7, 11) is 0. The fourth-order valence-corrected chi connectivity index (χ4v) is 3.72. The maximum absolute atomic E-state index is 6.05. The van der Waals surface area contributed by atoms with Gasteiger partial charge in [0.1, 0.15) is 12.2 Å². The maximum atomic E-state index is 6.05. The van der Waals surface area contributed by atoms with E-state index in [2.05, 4.69) is 29.8 Å². The van der Waals surface area contributed by atoms with Gasteiger partial charge in [0.2, 0.25) is 5.84 Å². The highest BCUT2D eigenvalue weighted by molar-refractivity contribution is 6.30. The van der Waals surface area contributed by atoms with Gasteiger partial charge in [-0.3, -0.25) is 0 Å². The molecule has 3 rings (SSSR count). The number of aliphatic imine (C=N–C) groups is 1. The van der Waals surface area contributed by atoms with Crippen molar-refractivity contribution in [1.29, 1.82) is 0 Å². The molecule has 1 heterocycles. The molecule has 0 saturated heterocycles. The van der Waals surface area contributed by atoms with Crippen LogP contribution < -0.4 is 4.48 Å². The van der Waals surface area contributed by atoms with Crippen molar-refractivity contribution < 1.29 is 0 Å². The first-order valence-electron chi connectivity index (χ1n) is 7.27. The van der Waals surface area contributed by atoms with Crippen LogP contribution in [0.15, 0.2) is 54.2 Å². The van der Waals surface area contributed by atoms with Crippen molar-refractivity contribution in [3.8, 4) is 0 Å². The molecule has 0 bridgehead atoms. The lowest BCUT2D eigenvalue weighted by Crippen LogP contribution is -2.60. The van der Waals surface area contributed by atoms with Crippen LogP contribution in [0.1, 0.15) is 25.7 Å². The summed E-state index contributed by atoms with van der Waals surface area (Å²) in [6.45, 7) is 4.94. The normalized spacial score (nSPS) is 26.6. The highest BCUT2D eigenvalue weighted by atomic mass is 35.5. The van der Waals surface area contributed by atoms with Crippen molar-refractivity contribution in [3.63, 3.8) is 0 Å². The molecule has 104 valence electrons. The highest BCUT2D eigenvalue weighted by Gasteiger charge is 2.44. The van der Waals surface area contributed by atoms with Crippen molar-refractivity contribution in [1.82, 2.24) is 4.48 Å². The van der Waals surface area contributed by atoms with Gasteiger partial charge in [-0.15, -0.1) is 0 Å². The number of amidine groups is 1. The zero-order chi connectivity index (χ0) is 14.0. The van der Waals surface area contributed by atoms with Crippen LogP contribution in [0.4, 0.5) is 5.69 Å². The number of rotatable bonds is 3. The molecule has 1 unspecified atom stereocenters. The van der Waals surface area contributed by atoms with Gasteiger partial charge in [0.05, 0.1) is 6.04 Å². The molecule has 1 aromatic carbocycles. The lowest BCUT2D eigenvalue weighted by molar-refractivity contribution is 0.335. The third-order valence-electron chi connectivity index (χ3n) is 4.53. The molecule has 1 fully saturated rings. The van der Waals surface area contributed by atoms with Gasteiger partial charge in [0.15, 0.2) is 0 Å². The summed E-state index contributed by atoms with van der Waals surface area (Å²) in [6.07, 6.45) is 11.1. The van der Waals surface area contributed by atoms with Gasteiger partial charge in [0, 0.05) is 42.3 Å². The molecule has 0 amide bonds. The fourth-order valence-electron chi connectivity index (χ4n) is 3.59. The number of benzene rings is 1. The average Bonchev–Trinajstić information content (AvgIpc) is 3.02. The van der Waals surface area contributed by atoms with Crippen LogP contribution >= 0.6 is 11.6 Å². The number of hydrogen-bond donors (Lipinski definition) is 0. The Labute approximate surface area is 125 Å². The smallest absolute Gasteiger partial charge is 0.232 e. The Morgan fingerprint density at radius 3 is 2.55 bits per heavy atom. The summed E-state index contributed by atoms with van der Waals surface area (Å²) in [5.41, 5.74) is 1.27. The van der Waals surface area contributed by atoms with E-state index >= 15 is 0 Å². The van der Waals surface area contributed by atoms with Crippen molar-refractivity contribution >= 4 is 23.1 Å². The van der Waals surface area contributed by atoms with E-state index in [4.69, 9.17) is 11.6 Å². The zero-order valence-electron chi connectivity index (χ0n) is 11.6. The van der Waals surface area contributed by atoms with E-state index < -0.39 is 0 Å². The molecular weight excluding hydrogens is 268 g/mol. The summed E-state index contributed by atoms with van der Waals surface area (Å²) in [5, 5.41) is 0.781. The molecule has 2 aliphatic rings. The van der Waals surface area contributed by atoms with E-state index in [-0.39, 0.29) is 0 Å². The fraction of sp³-hybridized carbons (Fsp3) is 0.353. The second-order valence-corrected chi connectivity index (χ2v) is 5.98. The molecule has 0 radical (unpaired) electrons. The standard InChI is InChI=1S/C17H20ClN2/c1-2-17-19-12-5-13-20(17,15-6-3-4-7-15)16-10-8-14(18)9-11-16/h2,5,8-12,15H,1,3-4,6-7,13H2/q+1. The third-order valence-corrected chi connectivity index (χ3v) is 4.78. The lowest BCUT2D eigenvalue weighted by Gasteiger charge is -2.42. The minimum atomic E-state index is 0.595. The predicted octanol–water partition coefficient (Wildman–Crippen LogP) is 4.70. The van der Waals surface area contributed by atoms with Crippen LogP contribution in [0.5, 0.6) is 0 Å². The number of hydrogen-bond acceptors (Lipinski definition) is 1.